The van der Waals surface area contributed by atoms with Crippen molar-refractivity contribution in [3.63, 3.8) is 0 Å². The second-order valence-electron chi connectivity index (χ2n) is 9.00. The normalized spacial score (nSPS) is 15.5. The van der Waals surface area contributed by atoms with Gasteiger partial charge in [-0.15, -0.1) is 0 Å². The Bertz CT molecular complexity index is 842. The molecule has 0 aromatic heterocycles. The summed E-state index contributed by atoms with van der Waals surface area (Å²) >= 11 is 0. The molecule has 6 unspecified atom stereocenters. The molecule has 0 rings (SSSR count). The van der Waals surface area contributed by atoms with E-state index in [2.05, 4.69) is 25.9 Å². The Kier molecular flexibility index (Phi) is 16.0. The number of aliphatic carboxylic acids is 1. The molecule has 0 aliphatic heterocycles. The fourth-order valence-electron chi connectivity index (χ4n) is 3.24. The molecular weight excluding hydrogens is 500 g/mol. The van der Waals surface area contributed by atoms with Crippen LogP contribution in [0, 0.1) is 5.92 Å². The fraction of sp³-hybridized carbons (Fsp3) is 0.727. The van der Waals surface area contributed by atoms with Gasteiger partial charge in [0.2, 0.25) is 17.7 Å². The number of amides is 3. The van der Waals surface area contributed by atoms with Crippen molar-refractivity contribution in [2.24, 2.45) is 44.6 Å². The molecule has 0 heterocycles. The number of aliphatic hydroxyl groups is 1. The average molecular weight is 545 g/mol. The first kappa shape index (κ1) is 34.3. The Balaban J connectivity index is 5.62. The van der Waals surface area contributed by atoms with Crippen molar-refractivity contribution >= 4 is 35.6 Å². The van der Waals surface area contributed by atoms with Crippen molar-refractivity contribution in [1.29, 1.82) is 0 Å². The van der Waals surface area contributed by atoms with Crippen LogP contribution < -0.4 is 44.6 Å². The number of rotatable bonds is 18. The van der Waals surface area contributed by atoms with Crippen molar-refractivity contribution in [3.8, 4) is 0 Å². The zero-order valence-corrected chi connectivity index (χ0v) is 22.2. The molecule has 0 spiro atoms. The zero-order chi connectivity index (χ0) is 29.4. The maximum absolute atomic E-state index is 13.2. The minimum absolute atomic E-state index is 0.0553. The number of aliphatic hydroxyl groups excluding tert-OH is 1. The number of aliphatic imine (C=N–C) groups is 2. The third kappa shape index (κ3) is 13.6. The van der Waals surface area contributed by atoms with Gasteiger partial charge in [0.05, 0.1) is 6.10 Å². The highest BCUT2D eigenvalue weighted by molar-refractivity contribution is 5.94. The molecule has 0 radical (unpaired) electrons. The number of guanidine groups is 2. The quantitative estimate of drug-likeness (QED) is 0.0456. The van der Waals surface area contributed by atoms with Crippen molar-refractivity contribution < 1.29 is 29.4 Å². The van der Waals surface area contributed by atoms with Gasteiger partial charge in [0.15, 0.2) is 11.9 Å². The molecule has 0 aromatic rings. The Hall–Kier alpha value is -3.66. The van der Waals surface area contributed by atoms with E-state index >= 15 is 0 Å². The number of carboxylic acid groups (broad SMARTS) is 1. The van der Waals surface area contributed by atoms with Crippen LogP contribution in [0.25, 0.3) is 0 Å². The third-order valence-corrected chi connectivity index (χ3v) is 5.75. The van der Waals surface area contributed by atoms with Crippen LogP contribution in [0.2, 0.25) is 0 Å². The summed E-state index contributed by atoms with van der Waals surface area (Å²) in [5.41, 5.74) is 26.8. The number of carboxylic acids is 1. The molecule has 38 heavy (non-hydrogen) atoms. The van der Waals surface area contributed by atoms with E-state index in [1.54, 1.807) is 13.8 Å². The highest BCUT2D eigenvalue weighted by Gasteiger charge is 2.33. The molecule has 16 heteroatoms. The van der Waals surface area contributed by atoms with Crippen LogP contribution in [-0.4, -0.2) is 89.2 Å². The summed E-state index contributed by atoms with van der Waals surface area (Å²) in [5, 5.41) is 26.7. The van der Waals surface area contributed by atoms with Crippen molar-refractivity contribution in [3.05, 3.63) is 0 Å². The average Bonchev–Trinajstić information content (AvgIpc) is 2.84. The second kappa shape index (κ2) is 17.7. The topological polar surface area (TPSA) is 300 Å². The van der Waals surface area contributed by atoms with Gasteiger partial charge in [0.1, 0.15) is 24.2 Å². The summed E-state index contributed by atoms with van der Waals surface area (Å²) in [5.74, 6) is -4.06. The van der Waals surface area contributed by atoms with Crippen LogP contribution in [0.5, 0.6) is 0 Å². The van der Waals surface area contributed by atoms with Gasteiger partial charge < -0.3 is 54.8 Å². The van der Waals surface area contributed by atoms with Crippen LogP contribution in [-0.2, 0) is 19.2 Å². The molecular formula is C22H44N10O6. The van der Waals surface area contributed by atoms with E-state index in [-0.39, 0.29) is 43.8 Å². The maximum Gasteiger partial charge on any atom is 0.326 e. The predicted octanol–water partition coefficient (Wildman–Crippen LogP) is -3.61. The molecule has 218 valence electrons. The van der Waals surface area contributed by atoms with Crippen molar-refractivity contribution in [2.45, 2.75) is 83.1 Å². The lowest BCUT2D eigenvalue weighted by Gasteiger charge is -2.28. The molecule has 6 atom stereocenters. The van der Waals surface area contributed by atoms with E-state index < -0.39 is 54.0 Å². The Morgan fingerprint density at radius 2 is 1.26 bits per heavy atom. The number of nitrogens with zero attached hydrogens (tertiary/aromatic N) is 2. The van der Waals surface area contributed by atoms with E-state index in [4.69, 9.17) is 28.7 Å². The molecule has 0 bridgehead atoms. The summed E-state index contributed by atoms with van der Waals surface area (Å²) in [7, 11) is 0. The number of hydrogen-bond acceptors (Lipinski definition) is 8. The van der Waals surface area contributed by atoms with Gasteiger partial charge in [-0.2, -0.15) is 0 Å². The molecule has 0 saturated heterocycles. The number of carbonyl (C=O) groups is 4. The summed E-state index contributed by atoms with van der Waals surface area (Å²) in [6.45, 7) is 5.21. The first-order valence-corrected chi connectivity index (χ1v) is 12.4. The van der Waals surface area contributed by atoms with Crippen LogP contribution in [0.1, 0.15) is 52.9 Å². The van der Waals surface area contributed by atoms with Gasteiger partial charge >= 0.3 is 5.97 Å². The number of hydrogen-bond donors (Lipinski definition) is 10. The van der Waals surface area contributed by atoms with E-state index in [0.717, 1.165) is 0 Å². The largest absolute Gasteiger partial charge is 0.480 e. The van der Waals surface area contributed by atoms with Gasteiger partial charge in [0.25, 0.3) is 0 Å². The Labute approximate surface area is 222 Å². The molecule has 3 amide bonds. The van der Waals surface area contributed by atoms with Crippen molar-refractivity contribution in [1.82, 2.24) is 16.0 Å². The molecule has 0 fully saturated rings. The van der Waals surface area contributed by atoms with Crippen molar-refractivity contribution in [2.75, 3.05) is 13.1 Å². The number of nitrogens with two attached hydrogens (primary N) is 5. The summed E-state index contributed by atoms with van der Waals surface area (Å²) in [4.78, 5) is 58.0. The molecule has 0 aromatic carbocycles. The molecule has 0 saturated carbocycles. The lowest BCUT2D eigenvalue weighted by atomic mass is 9.96. The maximum atomic E-state index is 13.2. The number of nitrogens with one attached hydrogen (secondary N) is 3. The van der Waals surface area contributed by atoms with Crippen LogP contribution in [0.15, 0.2) is 9.98 Å². The molecule has 0 aliphatic carbocycles. The minimum atomic E-state index is -1.29. The lowest BCUT2D eigenvalue weighted by Crippen LogP contribution is -2.59. The van der Waals surface area contributed by atoms with Gasteiger partial charge in [-0.3, -0.25) is 24.4 Å². The minimum Gasteiger partial charge on any atom is -0.480 e. The first-order valence-electron chi connectivity index (χ1n) is 12.4. The molecule has 15 N–H and O–H groups in total. The fourth-order valence-corrected chi connectivity index (χ4v) is 3.24. The van der Waals surface area contributed by atoms with E-state index in [1.807, 2.05) is 0 Å². The van der Waals surface area contributed by atoms with E-state index in [9.17, 15) is 29.4 Å². The summed E-state index contributed by atoms with van der Waals surface area (Å²) < 4.78 is 0. The second-order valence-corrected chi connectivity index (χ2v) is 9.00. The lowest BCUT2D eigenvalue weighted by molar-refractivity contribution is -0.143. The molecule has 16 nitrogen and oxygen atoms in total. The third-order valence-electron chi connectivity index (χ3n) is 5.75. The van der Waals surface area contributed by atoms with E-state index in [1.165, 1.54) is 6.92 Å². The van der Waals surface area contributed by atoms with Gasteiger partial charge in [-0.05, 0) is 38.5 Å². The van der Waals surface area contributed by atoms with Gasteiger partial charge in [-0.1, -0.05) is 20.3 Å². The van der Waals surface area contributed by atoms with Gasteiger partial charge in [-0.25, -0.2) is 4.79 Å². The smallest absolute Gasteiger partial charge is 0.326 e. The summed E-state index contributed by atoms with van der Waals surface area (Å²) in [6, 6.07) is -4.75. The summed E-state index contributed by atoms with van der Waals surface area (Å²) in [6.07, 6.45) is 0.0617. The predicted molar refractivity (Wildman–Crippen MR) is 142 cm³/mol. The molecule has 0 aliphatic rings. The van der Waals surface area contributed by atoms with Crippen LogP contribution >= 0.6 is 0 Å². The van der Waals surface area contributed by atoms with Gasteiger partial charge in [0, 0.05) is 13.1 Å². The standard InChI is InChI=1S/C22H44N10O6/c1-4-11(2)16(19(36)31-14(20(37)38)8-6-10-29-22(26)27)32-17(34)13(7-5-9-28-21(24)25)30-18(35)15(23)12(3)33/h11-16,33H,4-10,23H2,1-3H3,(H,30,35)(H,31,36)(H,32,34)(H,37,38)(H4,24,25,28)(H4,26,27,29). The zero-order valence-electron chi connectivity index (χ0n) is 22.2. The van der Waals surface area contributed by atoms with Crippen LogP contribution in [0.4, 0.5) is 0 Å². The highest BCUT2D eigenvalue weighted by atomic mass is 16.4. The SMILES string of the molecule is CCC(C)C(NC(=O)C(CCCN=C(N)N)NC(=O)C(N)C(C)O)C(=O)NC(CCCN=C(N)N)C(=O)O. The Morgan fingerprint density at radius 3 is 1.68 bits per heavy atom. The van der Waals surface area contributed by atoms with Crippen LogP contribution in [0.3, 0.4) is 0 Å². The number of carbonyl (C=O) groups excluding carboxylic acids is 3. The monoisotopic (exact) mass is 544 g/mol. The first-order chi connectivity index (χ1) is 17.7. The highest BCUT2D eigenvalue weighted by Crippen LogP contribution is 2.11. The Morgan fingerprint density at radius 1 is 0.789 bits per heavy atom. The van der Waals surface area contributed by atoms with E-state index in [0.29, 0.717) is 19.3 Å².